The maximum absolute atomic E-state index is 12.9. The van der Waals surface area contributed by atoms with Crippen LogP contribution < -0.4 is 15.4 Å². The molecule has 1 fully saturated rings. The van der Waals surface area contributed by atoms with Crippen molar-refractivity contribution in [1.29, 1.82) is 0 Å². The molecular formula is C23H18F3N5O5. The second-order valence-corrected chi connectivity index (χ2v) is 8.23. The summed E-state index contributed by atoms with van der Waals surface area (Å²) < 4.78 is 46.3. The number of halogens is 3. The average molecular weight is 501 g/mol. The molecule has 2 aromatic carbocycles. The molecule has 5 rings (SSSR count). The number of amides is 3. The average Bonchev–Trinajstić information content (AvgIpc) is 3.42. The van der Waals surface area contributed by atoms with Crippen molar-refractivity contribution < 1.29 is 36.7 Å². The SMILES string of the molecule is O=C1CCC(N2Cc3ccc(CNc4nnc(-c5ccc(OC(F)(F)F)cc5)o4)cc3C2=O)C(=O)N1. The first kappa shape index (κ1) is 23.3. The van der Waals surface area contributed by atoms with E-state index in [0.29, 0.717) is 11.1 Å². The van der Waals surface area contributed by atoms with Crippen LogP contribution in [0.5, 0.6) is 5.75 Å². The lowest BCUT2D eigenvalue weighted by Crippen LogP contribution is -2.52. The van der Waals surface area contributed by atoms with Crippen LogP contribution in [0.2, 0.25) is 0 Å². The molecule has 3 amide bonds. The van der Waals surface area contributed by atoms with E-state index in [4.69, 9.17) is 4.42 Å². The van der Waals surface area contributed by atoms with E-state index >= 15 is 0 Å². The third kappa shape index (κ3) is 4.85. The fraction of sp³-hybridized carbons (Fsp3) is 0.261. The molecule has 0 saturated carbocycles. The molecule has 2 aliphatic rings. The molecule has 1 saturated heterocycles. The Bertz CT molecular complexity index is 1340. The number of carbonyl (C=O) groups is 3. The van der Waals surface area contributed by atoms with Crippen molar-refractivity contribution >= 4 is 23.7 Å². The summed E-state index contributed by atoms with van der Waals surface area (Å²) in [7, 11) is 0. The summed E-state index contributed by atoms with van der Waals surface area (Å²) in [6.45, 7) is 0.535. The molecule has 0 aliphatic carbocycles. The van der Waals surface area contributed by atoms with Gasteiger partial charge in [0.25, 0.3) is 5.91 Å². The number of fused-ring (bicyclic) bond motifs is 1. The van der Waals surface area contributed by atoms with Gasteiger partial charge in [-0.3, -0.25) is 19.7 Å². The number of ether oxygens (including phenoxy) is 1. The van der Waals surface area contributed by atoms with Gasteiger partial charge in [-0.2, -0.15) is 0 Å². The molecule has 10 nitrogen and oxygen atoms in total. The summed E-state index contributed by atoms with van der Waals surface area (Å²) in [5.41, 5.74) is 2.42. The van der Waals surface area contributed by atoms with E-state index in [1.165, 1.54) is 17.0 Å². The summed E-state index contributed by atoms with van der Waals surface area (Å²) >= 11 is 0. The van der Waals surface area contributed by atoms with Crippen LogP contribution in [0.3, 0.4) is 0 Å². The van der Waals surface area contributed by atoms with Crippen LogP contribution in [-0.4, -0.2) is 45.2 Å². The number of aromatic nitrogens is 2. The summed E-state index contributed by atoms with van der Waals surface area (Å²) in [5, 5.41) is 13.0. The van der Waals surface area contributed by atoms with Gasteiger partial charge >= 0.3 is 12.4 Å². The normalized spacial score (nSPS) is 17.7. The zero-order chi connectivity index (χ0) is 25.4. The van der Waals surface area contributed by atoms with Crippen molar-refractivity contribution in [3.8, 4) is 17.2 Å². The van der Waals surface area contributed by atoms with Crippen LogP contribution in [-0.2, 0) is 22.7 Å². The fourth-order valence-electron chi connectivity index (χ4n) is 4.10. The zero-order valence-electron chi connectivity index (χ0n) is 18.5. The van der Waals surface area contributed by atoms with Crippen molar-refractivity contribution in [2.24, 2.45) is 0 Å². The minimum Gasteiger partial charge on any atom is -0.406 e. The Balaban J connectivity index is 1.22. The Morgan fingerprint density at radius 1 is 1.11 bits per heavy atom. The first-order valence-electron chi connectivity index (χ1n) is 10.9. The molecule has 2 N–H and O–H groups in total. The molecule has 186 valence electrons. The highest BCUT2D eigenvalue weighted by atomic mass is 19.4. The number of alkyl halides is 3. The second-order valence-electron chi connectivity index (χ2n) is 8.23. The molecule has 3 aromatic rings. The minimum absolute atomic E-state index is 0.0811. The van der Waals surface area contributed by atoms with Crippen LogP contribution in [0.1, 0.15) is 34.3 Å². The third-order valence-electron chi connectivity index (χ3n) is 5.80. The topological polar surface area (TPSA) is 127 Å². The Hall–Kier alpha value is -4.42. The van der Waals surface area contributed by atoms with Gasteiger partial charge in [-0.25, -0.2) is 0 Å². The van der Waals surface area contributed by atoms with Gasteiger partial charge in [0, 0.05) is 30.6 Å². The van der Waals surface area contributed by atoms with Crippen molar-refractivity contribution in [1.82, 2.24) is 20.4 Å². The number of carbonyl (C=O) groups excluding carboxylic acids is 3. The number of anilines is 1. The van der Waals surface area contributed by atoms with Crippen LogP contribution in [0.15, 0.2) is 46.9 Å². The molecule has 1 unspecified atom stereocenters. The number of nitrogens with one attached hydrogen (secondary N) is 2. The summed E-state index contributed by atoms with van der Waals surface area (Å²) in [6.07, 6.45) is -4.31. The van der Waals surface area contributed by atoms with Gasteiger partial charge in [0.15, 0.2) is 0 Å². The quantitative estimate of drug-likeness (QED) is 0.494. The standard InChI is InChI=1S/C23H18F3N5O5/c24-23(25,26)36-15-5-3-13(4-6-15)20-29-30-22(35-20)27-10-12-1-2-14-11-31(21(34)16(14)9-12)17-7-8-18(32)28-19(17)33/h1-6,9,17H,7-8,10-11H2,(H,27,30)(H,28,32,33). The van der Waals surface area contributed by atoms with E-state index in [-0.39, 0.29) is 55.4 Å². The van der Waals surface area contributed by atoms with Crippen molar-refractivity contribution in [2.45, 2.75) is 38.3 Å². The van der Waals surface area contributed by atoms with Crippen LogP contribution in [0.25, 0.3) is 11.5 Å². The highest BCUT2D eigenvalue weighted by Crippen LogP contribution is 2.29. The minimum atomic E-state index is -4.78. The van der Waals surface area contributed by atoms with Crippen LogP contribution in [0.4, 0.5) is 19.2 Å². The first-order valence-corrected chi connectivity index (χ1v) is 10.9. The van der Waals surface area contributed by atoms with E-state index in [9.17, 15) is 27.6 Å². The molecule has 13 heteroatoms. The lowest BCUT2D eigenvalue weighted by atomic mass is 10.0. The van der Waals surface area contributed by atoms with Crippen LogP contribution in [0, 0.1) is 0 Å². The van der Waals surface area contributed by atoms with Crippen molar-refractivity contribution in [3.63, 3.8) is 0 Å². The Kier molecular flexibility index (Phi) is 5.82. The largest absolute Gasteiger partial charge is 0.573 e. The lowest BCUT2D eigenvalue weighted by Gasteiger charge is -2.29. The zero-order valence-corrected chi connectivity index (χ0v) is 18.5. The van der Waals surface area contributed by atoms with Gasteiger partial charge in [0.2, 0.25) is 17.7 Å². The summed E-state index contributed by atoms with van der Waals surface area (Å²) in [5.74, 6) is -1.36. The predicted molar refractivity (Wildman–Crippen MR) is 116 cm³/mol. The molecule has 3 heterocycles. The summed E-state index contributed by atoms with van der Waals surface area (Å²) in [6, 6.07) is 9.74. The number of imide groups is 1. The number of rotatable bonds is 6. The highest BCUT2D eigenvalue weighted by molar-refractivity contribution is 6.05. The van der Waals surface area contributed by atoms with E-state index in [2.05, 4.69) is 25.6 Å². The van der Waals surface area contributed by atoms with Gasteiger partial charge in [0.1, 0.15) is 11.8 Å². The number of nitrogens with zero attached hydrogens (tertiary/aromatic N) is 3. The van der Waals surface area contributed by atoms with E-state index in [1.807, 2.05) is 6.07 Å². The maximum atomic E-state index is 12.9. The Labute approximate surface area is 201 Å². The van der Waals surface area contributed by atoms with Gasteiger partial charge < -0.3 is 19.4 Å². The van der Waals surface area contributed by atoms with E-state index in [1.54, 1.807) is 12.1 Å². The molecule has 36 heavy (non-hydrogen) atoms. The van der Waals surface area contributed by atoms with Gasteiger partial charge in [-0.05, 0) is 47.9 Å². The number of hydrogen-bond donors (Lipinski definition) is 2. The molecule has 2 aliphatic heterocycles. The smallest absolute Gasteiger partial charge is 0.406 e. The lowest BCUT2D eigenvalue weighted by molar-refractivity contribution is -0.274. The fourth-order valence-corrected chi connectivity index (χ4v) is 4.10. The van der Waals surface area contributed by atoms with Gasteiger partial charge in [-0.15, -0.1) is 18.3 Å². The number of piperidine rings is 1. The predicted octanol–water partition coefficient (Wildman–Crippen LogP) is 3.01. The molecule has 0 radical (unpaired) electrons. The first-order chi connectivity index (χ1) is 17.2. The monoisotopic (exact) mass is 501 g/mol. The molecule has 0 bridgehead atoms. The van der Waals surface area contributed by atoms with Crippen LogP contribution >= 0.6 is 0 Å². The number of benzene rings is 2. The third-order valence-corrected chi connectivity index (χ3v) is 5.80. The van der Waals surface area contributed by atoms with Crippen molar-refractivity contribution in [3.05, 3.63) is 59.2 Å². The second kappa shape index (κ2) is 8.98. The van der Waals surface area contributed by atoms with Gasteiger partial charge in [-0.1, -0.05) is 17.2 Å². The molecule has 1 aromatic heterocycles. The Morgan fingerprint density at radius 2 is 1.89 bits per heavy atom. The maximum Gasteiger partial charge on any atom is 0.573 e. The summed E-state index contributed by atoms with van der Waals surface area (Å²) in [4.78, 5) is 38.0. The van der Waals surface area contributed by atoms with E-state index < -0.39 is 18.3 Å². The van der Waals surface area contributed by atoms with Crippen molar-refractivity contribution in [2.75, 3.05) is 5.32 Å². The van der Waals surface area contributed by atoms with Gasteiger partial charge in [0.05, 0.1) is 0 Å². The van der Waals surface area contributed by atoms with E-state index in [0.717, 1.165) is 23.3 Å². The molecule has 1 atom stereocenters. The Morgan fingerprint density at radius 3 is 2.61 bits per heavy atom. The molecule has 0 spiro atoms. The highest BCUT2D eigenvalue weighted by Gasteiger charge is 2.39. The molecular weight excluding hydrogens is 483 g/mol. The number of hydrogen-bond acceptors (Lipinski definition) is 8.